The number of methoxy groups -OCH3 is 1. The van der Waals surface area contributed by atoms with Gasteiger partial charge in [-0.15, -0.1) is 0 Å². The molecule has 3 amide bonds. The number of likely N-dealkylation sites (tertiary alicyclic amines) is 1. The molecule has 7 heteroatoms. The molecule has 0 radical (unpaired) electrons. The molecule has 1 aromatic heterocycles. The maximum Gasteiger partial charge on any atom is 0.319 e. The van der Waals surface area contributed by atoms with Gasteiger partial charge in [0, 0.05) is 50.2 Å². The van der Waals surface area contributed by atoms with Gasteiger partial charge in [0.2, 0.25) is 5.91 Å². The number of anilines is 1. The molecule has 138 valence electrons. The molecule has 0 aliphatic carbocycles. The smallest absolute Gasteiger partial charge is 0.319 e. The average molecular weight is 356 g/mol. The monoisotopic (exact) mass is 356 g/mol. The highest BCUT2D eigenvalue weighted by Crippen LogP contribution is 2.22. The Morgan fingerprint density at radius 1 is 1.35 bits per heavy atom. The highest BCUT2D eigenvalue weighted by molar-refractivity contribution is 6.00. The summed E-state index contributed by atoms with van der Waals surface area (Å²) in [4.78, 5) is 30.4. The van der Waals surface area contributed by atoms with E-state index in [4.69, 9.17) is 4.74 Å². The SMILES string of the molecule is COCCN1CC(CNC(=O)Nc2cccc3nc(C)ccc23)CC1=O. The van der Waals surface area contributed by atoms with E-state index in [9.17, 15) is 9.59 Å². The van der Waals surface area contributed by atoms with Crippen molar-refractivity contribution >= 4 is 28.5 Å². The number of amides is 3. The first kappa shape index (κ1) is 18.1. The Kier molecular flexibility index (Phi) is 5.68. The van der Waals surface area contributed by atoms with Crippen LogP contribution in [0.15, 0.2) is 30.3 Å². The molecule has 1 aliphatic rings. The number of aryl methyl sites for hydroxylation is 1. The number of nitrogens with zero attached hydrogens (tertiary/aromatic N) is 2. The van der Waals surface area contributed by atoms with E-state index in [0.29, 0.717) is 32.7 Å². The van der Waals surface area contributed by atoms with Gasteiger partial charge in [-0.1, -0.05) is 6.07 Å². The summed E-state index contributed by atoms with van der Waals surface area (Å²) < 4.78 is 5.02. The van der Waals surface area contributed by atoms with Crippen LogP contribution in [0.4, 0.5) is 10.5 Å². The second-order valence-electron chi connectivity index (χ2n) is 6.56. The fourth-order valence-electron chi connectivity index (χ4n) is 3.18. The maximum atomic E-state index is 12.3. The van der Waals surface area contributed by atoms with Gasteiger partial charge in [0.1, 0.15) is 0 Å². The lowest BCUT2D eigenvalue weighted by Gasteiger charge is -2.16. The predicted octanol–water partition coefficient (Wildman–Crippen LogP) is 2.16. The molecule has 1 aliphatic heterocycles. The first-order chi connectivity index (χ1) is 12.6. The number of urea groups is 1. The number of rotatable bonds is 6. The van der Waals surface area contributed by atoms with E-state index in [1.807, 2.05) is 37.3 Å². The van der Waals surface area contributed by atoms with Crippen molar-refractivity contribution in [3.8, 4) is 0 Å². The van der Waals surface area contributed by atoms with Crippen LogP contribution in [-0.2, 0) is 9.53 Å². The molecule has 2 N–H and O–H groups in total. The Labute approximate surface area is 152 Å². The van der Waals surface area contributed by atoms with Crippen LogP contribution < -0.4 is 10.6 Å². The van der Waals surface area contributed by atoms with Crippen LogP contribution in [0.5, 0.6) is 0 Å². The first-order valence-corrected chi connectivity index (χ1v) is 8.74. The number of carbonyl (C=O) groups excluding carboxylic acids is 2. The van der Waals surface area contributed by atoms with E-state index in [1.165, 1.54) is 0 Å². The summed E-state index contributed by atoms with van der Waals surface area (Å²) in [5.74, 6) is 0.242. The summed E-state index contributed by atoms with van der Waals surface area (Å²) in [5.41, 5.74) is 2.50. The lowest BCUT2D eigenvalue weighted by Crippen LogP contribution is -2.34. The molecule has 0 bridgehead atoms. The van der Waals surface area contributed by atoms with Crippen molar-refractivity contribution in [2.45, 2.75) is 13.3 Å². The number of ether oxygens (including phenoxy) is 1. The zero-order valence-electron chi connectivity index (χ0n) is 15.1. The molecule has 0 saturated carbocycles. The van der Waals surface area contributed by atoms with Crippen molar-refractivity contribution < 1.29 is 14.3 Å². The molecule has 26 heavy (non-hydrogen) atoms. The molecule has 3 rings (SSSR count). The summed E-state index contributed by atoms with van der Waals surface area (Å²) in [6.45, 7) is 4.18. The summed E-state index contributed by atoms with van der Waals surface area (Å²) >= 11 is 0. The second kappa shape index (κ2) is 8.14. The molecule has 2 aromatic rings. The number of fused-ring (bicyclic) bond motifs is 1. The summed E-state index contributed by atoms with van der Waals surface area (Å²) in [7, 11) is 1.62. The number of nitrogens with one attached hydrogen (secondary N) is 2. The van der Waals surface area contributed by atoms with Crippen molar-refractivity contribution in [2.75, 3.05) is 38.7 Å². The molecule has 1 atom stereocenters. The minimum Gasteiger partial charge on any atom is -0.383 e. The lowest BCUT2D eigenvalue weighted by molar-refractivity contribution is -0.128. The Bertz CT molecular complexity index is 808. The highest BCUT2D eigenvalue weighted by atomic mass is 16.5. The normalized spacial score (nSPS) is 16.9. The Hall–Kier alpha value is -2.67. The van der Waals surface area contributed by atoms with Crippen LogP contribution >= 0.6 is 0 Å². The van der Waals surface area contributed by atoms with E-state index in [0.717, 1.165) is 22.3 Å². The van der Waals surface area contributed by atoms with Crippen LogP contribution in [0.1, 0.15) is 12.1 Å². The summed E-state index contributed by atoms with van der Waals surface area (Å²) in [6, 6.07) is 9.24. The van der Waals surface area contributed by atoms with Crippen molar-refractivity contribution in [3.63, 3.8) is 0 Å². The van der Waals surface area contributed by atoms with Crippen molar-refractivity contribution in [2.24, 2.45) is 5.92 Å². The Balaban J connectivity index is 1.55. The number of aromatic nitrogens is 1. The van der Waals surface area contributed by atoms with Gasteiger partial charge in [-0.3, -0.25) is 9.78 Å². The minimum absolute atomic E-state index is 0.116. The molecule has 1 unspecified atom stereocenters. The molecule has 1 aromatic carbocycles. The van der Waals surface area contributed by atoms with Gasteiger partial charge in [0.05, 0.1) is 17.8 Å². The first-order valence-electron chi connectivity index (χ1n) is 8.74. The van der Waals surface area contributed by atoms with Crippen LogP contribution in [0.25, 0.3) is 10.9 Å². The minimum atomic E-state index is -0.277. The molecule has 2 heterocycles. The van der Waals surface area contributed by atoms with E-state index in [1.54, 1.807) is 12.0 Å². The molecule has 1 fully saturated rings. The van der Waals surface area contributed by atoms with Crippen LogP contribution in [-0.4, -0.2) is 55.2 Å². The van der Waals surface area contributed by atoms with Crippen molar-refractivity contribution in [3.05, 3.63) is 36.0 Å². The highest BCUT2D eigenvalue weighted by Gasteiger charge is 2.29. The van der Waals surface area contributed by atoms with Gasteiger partial charge in [0.25, 0.3) is 0 Å². The van der Waals surface area contributed by atoms with Gasteiger partial charge < -0.3 is 20.3 Å². The Morgan fingerprint density at radius 2 is 2.19 bits per heavy atom. The average Bonchev–Trinajstić information content (AvgIpc) is 2.98. The number of carbonyl (C=O) groups is 2. The molecule has 0 spiro atoms. The standard InChI is InChI=1S/C19H24N4O3/c1-13-6-7-15-16(21-13)4-3-5-17(15)22-19(25)20-11-14-10-18(24)23(12-14)8-9-26-2/h3-7,14H,8-12H2,1-2H3,(H2,20,22,25). The van der Waals surface area contributed by atoms with E-state index in [2.05, 4.69) is 15.6 Å². The Morgan fingerprint density at radius 3 is 3.00 bits per heavy atom. The quantitative estimate of drug-likeness (QED) is 0.831. The van der Waals surface area contributed by atoms with Crippen molar-refractivity contribution in [1.29, 1.82) is 0 Å². The molecular formula is C19H24N4O3. The third-order valence-corrected chi connectivity index (χ3v) is 4.53. The summed E-state index contributed by atoms with van der Waals surface area (Å²) in [5, 5.41) is 6.64. The third kappa shape index (κ3) is 4.29. The molecule has 1 saturated heterocycles. The number of hydrogen-bond donors (Lipinski definition) is 2. The lowest BCUT2D eigenvalue weighted by atomic mass is 10.1. The third-order valence-electron chi connectivity index (χ3n) is 4.53. The largest absolute Gasteiger partial charge is 0.383 e. The van der Waals surface area contributed by atoms with Gasteiger partial charge >= 0.3 is 6.03 Å². The topological polar surface area (TPSA) is 83.6 Å². The summed E-state index contributed by atoms with van der Waals surface area (Å²) in [6.07, 6.45) is 0.460. The predicted molar refractivity (Wildman–Crippen MR) is 100 cm³/mol. The maximum absolute atomic E-state index is 12.3. The number of hydrogen-bond acceptors (Lipinski definition) is 4. The van der Waals surface area contributed by atoms with Crippen LogP contribution in [0.3, 0.4) is 0 Å². The van der Waals surface area contributed by atoms with Gasteiger partial charge in [-0.05, 0) is 31.2 Å². The van der Waals surface area contributed by atoms with Gasteiger partial charge in [0.15, 0.2) is 0 Å². The second-order valence-corrected chi connectivity index (χ2v) is 6.56. The van der Waals surface area contributed by atoms with Crippen LogP contribution in [0, 0.1) is 12.8 Å². The van der Waals surface area contributed by atoms with E-state index in [-0.39, 0.29) is 17.9 Å². The zero-order valence-corrected chi connectivity index (χ0v) is 15.1. The van der Waals surface area contributed by atoms with E-state index >= 15 is 0 Å². The number of pyridine rings is 1. The number of benzene rings is 1. The zero-order chi connectivity index (χ0) is 18.5. The molecule has 7 nitrogen and oxygen atoms in total. The fraction of sp³-hybridized carbons (Fsp3) is 0.421. The fourth-order valence-corrected chi connectivity index (χ4v) is 3.18. The van der Waals surface area contributed by atoms with Gasteiger partial charge in [-0.2, -0.15) is 0 Å². The van der Waals surface area contributed by atoms with E-state index < -0.39 is 0 Å². The van der Waals surface area contributed by atoms with Crippen LogP contribution in [0.2, 0.25) is 0 Å². The van der Waals surface area contributed by atoms with Gasteiger partial charge in [-0.25, -0.2) is 4.79 Å². The molecular weight excluding hydrogens is 332 g/mol. The van der Waals surface area contributed by atoms with Crippen molar-refractivity contribution in [1.82, 2.24) is 15.2 Å².